The molecule has 0 N–H and O–H groups in total. The summed E-state index contributed by atoms with van der Waals surface area (Å²) in [5.74, 6) is 2.01. The summed E-state index contributed by atoms with van der Waals surface area (Å²) >= 11 is 0. The number of amides is 2. The van der Waals surface area contributed by atoms with Gasteiger partial charge in [0.15, 0.2) is 5.82 Å². The first-order chi connectivity index (χ1) is 15.7. The van der Waals surface area contributed by atoms with Crippen LogP contribution in [-0.2, 0) is 14.3 Å². The molecule has 2 amide bonds. The first-order valence-corrected chi connectivity index (χ1v) is 11.7. The number of hydrogen-bond donors (Lipinski definition) is 0. The second kappa shape index (κ2) is 10.7. The maximum absolute atomic E-state index is 12.7. The van der Waals surface area contributed by atoms with Crippen LogP contribution < -0.4 is 4.90 Å². The Kier molecular flexibility index (Phi) is 7.52. The van der Waals surface area contributed by atoms with E-state index in [1.54, 1.807) is 4.90 Å². The third-order valence-electron chi connectivity index (χ3n) is 6.48. The van der Waals surface area contributed by atoms with Gasteiger partial charge in [0.2, 0.25) is 17.7 Å². The topological polar surface area (TPSA) is 88.8 Å². The van der Waals surface area contributed by atoms with E-state index >= 15 is 0 Å². The van der Waals surface area contributed by atoms with E-state index in [4.69, 9.17) is 9.26 Å². The van der Waals surface area contributed by atoms with E-state index in [-0.39, 0.29) is 30.6 Å². The predicted molar refractivity (Wildman–Crippen MR) is 119 cm³/mol. The van der Waals surface area contributed by atoms with E-state index in [9.17, 15) is 9.59 Å². The van der Waals surface area contributed by atoms with Gasteiger partial charge in [-0.25, -0.2) is 0 Å². The highest BCUT2D eigenvalue weighted by Gasteiger charge is 2.29. The minimum atomic E-state index is -0.0200. The van der Waals surface area contributed by atoms with Crippen LogP contribution in [0, 0.1) is 0 Å². The van der Waals surface area contributed by atoms with Crippen LogP contribution in [0.5, 0.6) is 0 Å². The maximum atomic E-state index is 12.7. The summed E-state index contributed by atoms with van der Waals surface area (Å²) in [4.78, 5) is 33.6. The second-order valence-electron chi connectivity index (χ2n) is 8.51. The lowest BCUT2D eigenvalue weighted by Gasteiger charge is -2.30. The first kappa shape index (κ1) is 22.5. The molecule has 172 valence electrons. The average Bonchev–Trinajstić information content (AvgIpc) is 3.35. The number of carbonyl (C=O) groups is 2. The third kappa shape index (κ3) is 5.35. The second-order valence-corrected chi connectivity index (χ2v) is 8.51. The van der Waals surface area contributed by atoms with Crippen LogP contribution in [0.15, 0.2) is 34.9 Å². The zero-order valence-electron chi connectivity index (χ0n) is 18.7. The van der Waals surface area contributed by atoms with Gasteiger partial charge in [0, 0.05) is 63.2 Å². The molecule has 1 aromatic heterocycles. The van der Waals surface area contributed by atoms with Gasteiger partial charge in [0.1, 0.15) is 0 Å². The number of aromatic nitrogens is 2. The molecule has 2 saturated heterocycles. The molecule has 8 nitrogen and oxygen atoms in total. The maximum Gasteiger partial charge on any atom is 0.229 e. The Morgan fingerprint density at radius 1 is 1.03 bits per heavy atom. The number of nitrogens with zero attached hydrogens (tertiary/aromatic N) is 4. The van der Waals surface area contributed by atoms with Gasteiger partial charge < -0.3 is 19.1 Å². The largest absolute Gasteiger partial charge is 0.381 e. The van der Waals surface area contributed by atoms with Crippen LogP contribution in [0.3, 0.4) is 0 Å². The highest BCUT2D eigenvalue weighted by atomic mass is 16.5. The summed E-state index contributed by atoms with van der Waals surface area (Å²) < 4.78 is 11.0. The molecule has 2 aliphatic heterocycles. The molecule has 0 atom stereocenters. The van der Waals surface area contributed by atoms with Crippen molar-refractivity contribution < 1.29 is 18.8 Å². The molecule has 2 aliphatic rings. The van der Waals surface area contributed by atoms with Gasteiger partial charge in [0.05, 0.1) is 0 Å². The van der Waals surface area contributed by atoms with Crippen LogP contribution in [-0.4, -0.2) is 59.7 Å². The van der Waals surface area contributed by atoms with Crippen molar-refractivity contribution in [3.05, 3.63) is 42.0 Å². The Labute approximate surface area is 188 Å². The quantitative estimate of drug-likeness (QED) is 0.655. The normalized spacial score (nSPS) is 18.0. The molecule has 3 heterocycles. The predicted octanol–water partition coefficient (Wildman–Crippen LogP) is 3.50. The number of anilines is 1. The molecule has 2 fully saturated rings. The van der Waals surface area contributed by atoms with E-state index in [0.29, 0.717) is 31.4 Å². The number of benzene rings is 1. The van der Waals surface area contributed by atoms with Crippen molar-refractivity contribution in [2.45, 2.75) is 57.3 Å². The Hall–Kier alpha value is -2.74. The molecule has 0 aliphatic carbocycles. The van der Waals surface area contributed by atoms with Crippen LogP contribution >= 0.6 is 0 Å². The van der Waals surface area contributed by atoms with Crippen LogP contribution in [0.2, 0.25) is 0 Å². The smallest absolute Gasteiger partial charge is 0.229 e. The lowest BCUT2D eigenvalue weighted by atomic mass is 9.96. The van der Waals surface area contributed by atoms with Crippen LogP contribution in [0.1, 0.15) is 69.0 Å². The number of hydrogen-bond acceptors (Lipinski definition) is 6. The monoisotopic (exact) mass is 440 g/mol. The van der Waals surface area contributed by atoms with E-state index in [2.05, 4.69) is 10.1 Å². The Balaban J connectivity index is 1.24. The summed E-state index contributed by atoms with van der Waals surface area (Å²) in [6.07, 6.45) is 3.94. The fourth-order valence-corrected chi connectivity index (χ4v) is 4.53. The highest BCUT2D eigenvalue weighted by Crippen LogP contribution is 2.30. The molecule has 2 aromatic rings. The van der Waals surface area contributed by atoms with Gasteiger partial charge >= 0.3 is 0 Å². The van der Waals surface area contributed by atoms with Crippen molar-refractivity contribution in [1.82, 2.24) is 15.0 Å². The minimum Gasteiger partial charge on any atom is -0.381 e. The first-order valence-electron chi connectivity index (χ1n) is 11.7. The highest BCUT2D eigenvalue weighted by molar-refractivity contribution is 5.95. The summed E-state index contributed by atoms with van der Waals surface area (Å²) in [5, 5.41) is 4.20. The van der Waals surface area contributed by atoms with E-state index in [1.165, 1.54) is 0 Å². The standard InChI is InChI=1S/C24H32N4O4/c1-2-28(20-6-4-3-5-7-20)22(30)9-8-21(29)27-14-10-19(11-15-27)24-25-23(26-32-24)18-12-16-31-17-13-18/h3-7,18-19H,2,8-17H2,1H3. The number of rotatable bonds is 7. The molecular weight excluding hydrogens is 408 g/mol. The molecule has 0 bridgehead atoms. The van der Waals surface area contributed by atoms with Crippen molar-refractivity contribution in [2.24, 2.45) is 0 Å². The molecule has 8 heteroatoms. The number of carbonyl (C=O) groups excluding carboxylic acids is 2. The van der Waals surface area contributed by atoms with Crippen LogP contribution in [0.4, 0.5) is 5.69 Å². The van der Waals surface area contributed by atoms with Gasteiger partial charge in [-0.2, -0.15) is 4.98 Å². The molecule has 1 aromatic carbocycles. The summed E-state index contributed by atoms with van der Waals surface area (Å²) in [7, 11) is 0. The molecule has 4 rings (SSSR count). The fourth-order valence-electron chi connectivity index (χ4n) is 4.53. The summed E-state index contributed by atoms with van der Waals surface area (Å²) in [6, 6.07) is 9.58. The minimum absolute atomic E-state index is 0.0200. The van der Waals surface area contributed by atoms with Gasteiger partial charge in [0.25, 0.3) is 0 Å². The molecule has 0 unspecified atom stereocenters. The van der Waals surface area contributed by atoms with Crippen molar-refractivity contribution in [3.8, 4) is 0 Å². The lowest BCUT2D eigenvalue weighted by molar-refractivity contribution is -0.134. The summed E-state index contributed by atoms with van der Waals surface area (Å²) in [6.45, 7) is 5.34. The van der Waals surface area contributed by atoms with Gasteiger partial charge in [-0.1, -0.05) is 23.4 Å². The third-order valence-corrected chi connectivity index (χ3v) is 6.48. The molecule has 0 radical (unpaired) electrons. The van der Waals surface area contributed by atoms with Crippen LogP contribution in [0.25, 0.3) is 0 Å². The van der Waals surface area contributed by atoms with Crippen molar-refractivity contribution in [3.63, 3.8) is 0 Å². The van der Waals surface area contributed by atoms with E-state index in [0.717, 1.165) is 50.4 Å². The Bertz CT molecular complexity index is 886. The van der Waals surface area contributed by atoms with Crippen molar-refractivity contribution in [2.75, 3.05) is 37.7 Å². The van der Waals surface area contributed by atoms with Crippen molar-refractivity contribution in [1.29, 1.82) is 0 Å². The van der Waals surface area contributed by atoms with E-state index < -0.39 is 0 Å². The van der Waals surface area contributed by atoms with E-state index in [1.807, 2.05) is 42.2 Å². The van der Waals surface area contributed by atoms with Crippen molar-refractivity contribution >= 4 is 17.5 Å². The van der Waals surface area contributed by atoms with Gasteiger partial charge in [-0.3, -0.25) is 9.59 Å². The number of likely N-dealkylation sites (tertiary alicyclic amines) is 1. The SMILES string of the molecule is CCN(C(=O)CCC(=O)N1CCC(c2nc(C3CCOCC3)no2)CC1)c1ccccc1. The summed E-state index contributed by atoms with van der Waals surface area (Å²) in [5.41, 5.74) is 0.868. The Morgan fingerprint density at radius 3 is 2.44 bits per heavy atom. The number of piperidine rings is 1. The molecule has 0 saturated carbocycles. The fraction of sp³-hybridized carbons (Fsp3) is 0.583. The Morgan fingerprint density at radius 2 is 1.75 bits per heavy atom. The molecule has 32 heavy (non-hydrogen) atoms. The van der Waals surface area contributed by atoms with Gasteiger partial charge in [-0.15, -0.1) is 0 Å². The lowest BCUT2D eigenvalue weighted by Crippen LogP contribution is -2.39. The number of ether oxygens (including phenoxy) is 1. The zero-order valence-corrected chi connectivity index (χ0v) is 18.7. The zero-order chi connectivity index (χ0) is 22.3. The average molecular weight is 441 g/mol. The van der Waals surface area contributed by atoms with Gasteiger partial charge in [-0.05, 0) is 44.7 Å². The molecular formula is C24H32N4O4. The molecule has 0 spiro atoms. The number of para-hydroxylation sites is 1.